The first-order chi connectivity index (χ1) is 7.57. The van der Waals surface area contributed by atoms with Crippen LogP contribution in [-0.4, -0.2) is 24.2 Å². The van der Waals surface area contributed by atoms with Gasteiger partial charge in [0.05, 0.1) is 11.7 Å². The first-order valence-corrected chi connectivity index (χ1v) is 6.13. The SMILES string of the molecule is O=S(=O)(O)C1=CCC(c2ccccn2)N=C1. The summed E-state index contributed by atoms with van der Waals surface area (Å²) in [6.45, 7) is 0. The minimum atomic E-state index is -4.14. The maximum atomic E-state index is 10.8. The van der Waals surface area contributed by atoms with Crippen LogP contribution in [0.2, 0.25) is 0 Å². The zero-order valence-corrected chi connectivity index (χ0v) is 9.13. The Hall–Kier alpha value is -1.53. The third-order valence-corrected chi connectivity index (χ3v) is 3.12. The Labute approximate surface area is 93.3 Å². The Morgan fingerprint density at radius 2 is 2.19 bits per heavy atom. The summed E-state index contributed by atoms with van der Waals surface area (Å²) in [5.74, 6) is 0. The number of nitrogens with zero attached hydrogens (tertiary/aromatic N) is 2. The molecule has 6 heteroatoms. The van der Waals surface area contributed by atoms with Crippen molar-refractivity contribution in [3.63, 3.8) is 0 Å². The molecule has 0 radical (unpaired) electrons. The molecule has 1 aliphatic heterocycles. The van der Waals surface area contributed by atoms with Crippen LogP contribution in [0.25, 0.3) is 0 Å². The van der Waals surface area contributed by atoms with Crippen molar-refractivity contribution >= 4 is 16.3 Å². The molecule has 1 atom stereocenters. The van der Waals surface area contributed by atoms with Crippen molar-refractivity contribution < 1.29 is 13.0 Å². The largest absolute Gasteiger partial charge is 0.295 e. The van der Waals surface area contributed by atoms with Gasteiger partial charge in [0.1, 0.15) is 4.91 Å². The summed E-state index contributed by atoms with van der Waals surface area (Å²) in [6, 6.07) is 5.30. The fourth-order valence-corrected chi connectivity index (χ4v) is 1.95. The predicted molar refractivity (Wildman–Crippen MR) is 59.7 cm³/mol. The molecule has 16 heavy (non-hydrogen) atoms. The van der Waals surface area contributed by atoms with Crippen molar-refractivity contribution in [2.45, 2.75) is 12.5 Å². The van der Waals surface area contributed by atoms with E-state index in [1.807, 2.05) is 12.1 Å². The number of aliphatic imine (C=N–C) groups is 1. The van der Waals surface area contributed by atoms with Gasteiger partial charge in [-0.3, -0.25) is 14.5 Å². The summed E-state index contributed by atoms with van der Waals surface area (Å²) in [5, 5.41) is 0. The van der Waals surface area contributed by atoms with Gasteiger partial charge in [0.25, 0.3) is 10.1 Å². The lowest BCUT2D eigenvalue weighted by Gasteiger charge is -2.13. The Balaban J connectivity index is 2.19. The lowest BCUT2D eigenvalue weighted by atomic mass is 10.1. The van der Waals surface area contributed by atoms with Gasteiger partial charge in [-0.15, -0.1) is 0 Å². The highest BCUT2D eigenvalue weighted by atomic mass is 32.2. The van der Waals surface area contributed by atoms with Gasteiger partial charge in [0, 0.05) is 12.4 Å². The van der Waals surface area contributed by atoms with E-state index in [4.69, 9.17) is 4.55 Å². The van der Waals surface area contributed by atoms with Crippen LogP contribution in [0.5, 0.6) is 0 Å². The van der Waals surface area contributed by atoms with E-state index >= 15 is 0 Å². The van der Waals surface area contributed by atoms with Crippen LogP contribution in [0.3, 0.4) is 0 Å². The molecule has 1 unspecified atom stereocenters. The van der Waals surface area contributed by atoms with E-state index in [-0.39, 0.29) is 10.9 Å². The molecule has 1 N–H and O–H groups in total. The van der Waals surface area contributed by atoms with E-state index < -0.39 is 10.1 Å². The minimum Gasteiger partial charge on any atom is -0.282 e. The van der Waals surface area contributed by atoms with Gasteiger partial charge in [0.2, 0.25) is 0 Å². The molecule has 0 spiro atoms. The lowest BCUT2D eigenvalue weighted by Crippen LogP contribution is -2.09. The molecule has 0 aliphatic carbocycles. The average Bonchev–Trinajstić information content (AvgIpc) is 2.29. The Morgan fingerprint density at radius 3 is 2.69 bits per heavy atom. The van der Waals surface area contributed by atoms with E-state index in [2.05, 4.69) is 9.98 Å². The molecule has 5 nitrogen and oxygen atoms in total. The molecular weight excluding hydrogens is 228 g/mol. The van der Waals surface area contributed by atoms with Crippen molar-refractivity contribution in [3.8, 4) is 0 Å². The molecule has 2 rings (SSSR count). The topological polar surface area (TPSA) is 79.6 Å². The molecular formula is C10H10N2O3S. The van der Waals surface area contributed by atoms with Gasteiger partial charge in [-0.1, -0.05) is 12.1 Å². The van der Waals surface area contributed by atoms with Crippen LogP contribution in [0.1, 0.15) is 18.2 Å². The van der Waals surface area contributed by atoms with Gasteiger partial charge in [-0.25, -0.2) is 0 Å². The van der Waals surface area contributed by atoms with Crippen LogP contribution in [-0.2, 0) is 10.1 Å². The summed E-state index contributed by atoms with van der Waals surface area (Å²) in [5.41, 5.74) is 0.782. The fraction of sp³-hybridized carbons (Fsp3) is 0.200. The molecule has 0 bridgehead atoms. The zero-order chi connectivity index (χ0) is 11.6. The number of hydrogen-bond acceptors (Lipinski definition) is 4. The summed E-state index contributed by atoms with van der Waals surface area (Å²) in [6.07, 6.45) is 4.69. The highest BCUT2D eigenvalue weighted by Gasteiger charge is 2.18. The minimum absolute atomic E-state index is 0.153. The van der Waals surface area contributed by atoms with Crippen LogP contribution >= 0.6 is 0 Å². The molecule has 84 valence electrons. The maximum Gasteiger partial charge on any atom is 0.295 e. The summed E-state index contributed by atoms with van der Waals surface area (Å²) < 4.78 is 30.4. The number of hydrogen-bond donors (Lipinski definition) is 1. The van der Waals surface area contributed by atoms with Crippen LogP contribution < -0.4 is 0 Å². The second kappa shape index (κ2) is 4.15. The standard InChI is InChI=1S/C10H10N2O3S/c13-16(14,15)8-4-5-10(12-7-8)9-3-1-2-6-11-9/h1-4,6-7,10H,5H2,(H,13,14,15). The number of allylic oxidation sites excluding steroid dienone is 1. The van der Waals surface area contributed by atoms with Crippen molar-refractivity contribution in [1.82, 2.24) is 4.98 Å². The molecule has 0 aromatic carbocycles. The van der Waals surface area contributed by atoms with Crippen molar-refractivity contribution in [1.29, 1.82) is 0 Å². The second-order valence-corrected chi connectivity index (χ2v) is 4.79. The Bertz CT molecular complexity index is 534. The van der Waals surface area contributed by atoms with Gasteiger partial charge >= 0.3 is 0 Å². The van der Waals surface area contributed by atoms with Gasteiger partial charge in [-0.2, -0.15) is 8.42 Å². The monoisotopic (exact) mass is 238 g/mol. The van der Waals surface area contributed by atoms with Crippen LogP contribution in [0, 0.1) is 0 Å². The van der Waals surface area contributed by atoms with Crippen molar-refractivity contribution in [2.75, 3.05) is 0 Å². The van der Waals surface area contributed by atoms with E-state index in [0.717, 1.165) is 11.9 Å². The summed E-state index contributed by atoms with van der Waals surface area (Å²) >= 11 is 0. The molecule has 2 heterocycles. The molecule has 0 saturated heterocycles. The molecule has 1 aromatic heterocycles. The van der Waals surface area contributed by atoms with Gasteiger partial charge in [-0.05, 0) is 18.6 Å². The quantitative estimate of drug-likeness (QED) is 0.789. The predicted octanol–water partition coefficient (Wildman–Crippen LogP) is 1.37. The summed E-state index contributed by atoms with van der Waals surface area (Å²) in [4.78, 5) is 8.03. The summed E-state index contributed by atoms with van der Waals surface area (Å²) in [7, 11) is -4.14. The molecule has 0 fully saturated rings. The highest BCUT2D eigenvalue weighted by molar-refractivity contribution is 7.90. The Kier molecular flexibility index (Phi) is 2.84. The van der Waals surface area contributed by atoms with E-state index in [1.54, 1.807) is 12.3 Å². The molecule has 0 saturated carbocycles. The van der Waals surface area contributed by atoms with Crippen LogP contribution in [0.15, 0.2) is 40.4 Å². The normalized spacial score (nSPS) is 20.6. The van der Waals surface area contributed by atoms with E-state index in [1.165, 1.54) is 6.08 Å². The average molecular weight is 238 g/mol. The molecule has 1 aromatic rings. The third-order valence-electron chi connectivity index (χ3n) is 2.25. The van der Waals surface area contributed by atoms with Crippen LogP contribution in [0.4, 0.5) is 0 Å². The fourth-order valence-electron chi connectivity index (χ4n) is 1.45. The molecule has 1 aliphatic rings. The number of pyridine rings is 1. The Morgan fingerprint density at radius 1 is 1.38 bits per heavy atom. The molecule has 0 amide bonds. The second-order valence-electron chi connectivity index (χ2n) is 3.37. The van der Waals surface area contributed by atoms with Gasteiger partial charge in [0.15, 0.2) is 0 Å². The third kappa shape index (κ3) is 2.34. The van der Waals surface area contributed by atoms with Crippen molar-refractivity contribution in [2.24, 2.45) is 4.99 Å². The lowest BCUT2D eigenvalue weighted by molar-refractivity contribution is 0.492. The number of dihydropyridines is 1. The maximum absolute atomic E-state index is 10.8. The van der Waals surface area contributed by atoms with E-state index in [9.17, 15) is 8.42 Å². The smallest absolute Gasteiger partial charge is 0.282 e. The van der Waals surface area contributed by atoms with Crippen molar-refractivity contribution in [3.05, 3.63) is 41.1 Å². The zero-order valence-electron chi connectivity index (χ0n) is 8.31. The van der Waals surface area contributed by atoms with E-state index in [0.29, 0.717) is 6.42 Å². The first kappa shape index (κ1) is 11.0. The number of rotatable bonds is 2. The van der Waals surface area contributed by atoms with Gasteiger partial charge < -0.3 is 0 Å². The number of aromatic nitrogens is 1. The highest BCUT2D eigenvalue weighted by Crippen LogP contribution is 2.24. The first-order valence-electron chi connectivity index (χ1n) is 4.69.